The van der Waals surface area contributed by atoms with Crippen LogP contribution in [-0.4, -0.2) is 17.4 Å². The molecule has 0 aliphatic heterocycles. The minimum atomic E-state index is -0.183. The van der Waals surface area contributed by atoms with Gasteiger partial charge in [-0.3, -0.25) is 4.79 Å². The molecule has 0 radical (unpaired) electrons. The maximum Gasteiger partial charge on any atom is 0.251 e. The van der Waals surface area contributed by atoms with Gasteiger partial charge in [0.25, 0.3) is 5.91 Å². The summed E-state index contributed by atoms with van der Waals surface area (Å²) in [6.45, 7) is 0.460. The van der Waals surface area contributed by atoms with E-state index in [0.717, 1.165) is 22.0 Å². The molecule has 1 aromatic heterocycles. The monoisotopic (exact) mass is 365 g/mol. The van der Waals surface area contributed by atoms with Crippen LogP contribution in [0.3, 0.4) is 0 Å². The Morgan fingerprint density at radius 1 is 1.00 bits per heavy atom. The lowest BCUT2D eigenvalue weighted by molar-refractivity contribution is 0.0952. The van der Waals surface area contributed by atoms with E-state index in [9.17, 15) is 4.79 Å². The Balaban J connectivity index is 1.63. The number of benzene rings is 3. The maximum absolute atomic E-state index is 12.7. The topological polar surface area (TPSA) is 68.7 Å². The summed E-state index contributed by atoms with van der Waals surface area (Å²) < 4.78 is 0. The highest BCUT2D eigenvalue weighted by molar-refractivity contribution is 5.94. The van der Waals surface area contributed by atoms with Crippen LogP contribution in [0, 0.1) is 11.3 Å². The van der Waals surface area contributed by atoms with Gasteiger partial charge in [-0.1, -0.05) is 54.6 Å². The lowest BCUT2D eigenvalue weighted by Gasteiger charge is -2.18. The highest BCUT2D eigenvalue weighted by atomic mass is 16.1. The van der Waals surface area contributed by atoms with Crippen LogP contribution in [0.5, 0.6) is 0 Å². The number of nitrogens with one attached hydrogen (secondary N) is 2. The molecule has 0 saturated carbocycles. The number of nitriles is 1. The predicted molar refractivity (Wildman–Crippen MR) is 110 cm³/mol. The zero-order chi connectivity index (χ0) is 19.3. The van der Waals surface area contributed by atoms with Gasteiger partial charge in [0, 0.05) is 35.1 Å². The molecule has 2 N–H and O–H groups in total. The van der Waals surface area contributed by atoms with Crippen LogP contribution < -0.4 is 5.32 Å². The molecule has 0 aliphatic carbocycles. The van der Waals surface area contributed by atoms with Crippen LogP contribution >= 0.6 is 0 Å². The fourth-order valence-electron chi connectivity index (χ4n) is 3.50. The van der Waals surface area contributed by atoms with Gasteiger partial charge in [-0.2, -0.15) is 5.26 Å². The molecule has 1 heterocycles. The number of carbonyl (C=O) groups excluding carboxylic acids is 1. The van der Waals surface area contributed by atoms with Crippen molar-refractivity contribution in [3.05, 3.63) is 107 Å². The number of hydrogen-bond acceptors (Lipinski definition) is 2. The number of hydrogen-bond donors (Lipinski definition) is 2. The summed E-state index contributed by atoms with van der Waals surface area (Å²) in [5.74, 6) is -0.168. The van der Waals surface area contributed by atoms with Gasteiger partial charge in [-0.25, -0.2) is 0 Å². The van der Waals surface area contributed by atoms with Crippen LogP contribution in [0.15, 0.2) is 85.1 Å². The van der Waals surface area contributed by atoms with Gasteiger partial charge in [0.1, 0.15) is 0 Å². The van der Waals surface area contributed by atoms with Crippen molar-refractivity contribution in [1.82, 2.24) is 10.3 Å². The van der Waals surface area contributed by atoms with Crippen LogP contribution in [0.1, 0.15) is 33.0 Å². The molecule has 0 saturated heterocycles. The highest BCUT2D eigenvalue weighted by Crippen LogP contribution is 2.30. The SMILES string of the molecule is N#Cc1cccc(C(=O)NCC(c2ccccc2)c2c[nH]c3ccccc23)c1. The van der Waals surface area contributed by atoms with Crippen LogP contribution in [-0.2, 0) is 0 Å². The molecule has 1 amide bonds. The van der Waals surface area contributed by atoms with Crippen LogP contribution in [0.4, 0.5) is 0 Å². The van der Waals surface area contributed by atoms with Gasteiger partial charge in [-0.05, 0) is 35.4 Å². The largest absolute Gasteiger partial charge is 0.361 e. The highest BCUT2D eigenvalue weighted by Gasteiger charge is 2.19. The average Bonchev–Trinajstić information content (AvgIpc) is 3.18. The number of para-hydroxylation sites is 1. The first-order valence-corrected chi connectivity index (χ1v) is 9.15. The molecule has 1 unspecified atom stereocenters. The van der Waals surface area contributed by atoms with E-state index in [1.807, 2.05) is 42.6 Å². The Bertz CT molecular complexity index is 1160. The maximum atomic E-state index is 12.7. The van der Waals surface area contributed by atoms with E-state index in [4.69, 9.17) is 5.26 Å². The van der Waals surface area contributed by atoms with Gasteiger partial charge >= 0.3 is 0 Å². The molecule has 1 atom stereocenters. The molecule has 0 fully saturated rings. The molecule has 136 valence electrons. The molecule has 4 heteroatoms. The summed E-state index contributed by atoms with van der Waals surface area (Å²) in [6, 6.07) is 27.1. The molecule has 4 nitrogen and oxygen atoms in total. The normalized spacial score (nSPS) is 11.7. The molecule has 0 bridgehead atoms. The van der Waals surface area contributed by atoms with E-state index in [1.165, 1.54) is 0 Å². The van der Waals surface area contributed by atoms with Gasteiger partial charge in [-0.15, -0.1) is 0 Å². The second kappa shape index (κ2) is 7.81. The van der Waals surface area contributed by atoms with E-state index >= 15 is 0 Å². The quantitative estimate of drug-likeness (QED) is 0.543. The molecule has 3 aromatic carbocycles. The standard InChI is InChI=1S/C24H19N3O/c25-14-17-7-6-10-19(13-17)24(28)27-15-21(18-8-2-1-3-9-18)22-16-26-23-12-5-4-11-20(22)23/h1-13,16,21,26H,15H2,(H,27,28). The Kier molecular flexibility index (Phi) is 4.90. The van der Waals surface area contributed by atoms with Crippen LogP contribution in [0.25, 0.3) is 10.9 Å². The predicted octanol–water partition coefficient (Wildman–Crippen LogP) is 4.60. The first-order chi connectivity index (χ1) is 13.8. The van der Waals surface area contributed by atoms with E-state index in [-0.39, 0.29) is 11.8 Å². The van der Waals surface area contributed by atoms with Gasteiger partial charge in [0.05, 0.1) is 11.6 Å². The van der Waals surface area contributed by atoms with E-state index in [0.29, 0.717) is 17.7 Å². The van der Waals surface area contributed by atoms with E-state index in [1.54, 1.807) is 24.3 Å². The number of rotatable bonds is 5. The third kappa shape index (κ3) is 3.51. The van der Waals surface area contributed by atoms with Crippen molar-refractivity contribution in [2.75, 3.05) is 6.54 Å². The summed E-state index contributed by atoms with van der Waals surface area (Å²) in [4.78, 5) is 16.0. The van der Waals surface area contributed by atoms with Gasteiger partial charge in [0.15, 0.2) is 0 Å². The van der Waals surface area contributed by atoms with Gasteiger partial charge < -0.3 is 10.3 Å². The minimum absolute atomic E-state index is 0.0143. The van der Waals surface area contributed by atoms with Crippen molar-refractivity contribution in [3.63, 3.8) is 0 Å². The molecular weight excluding hydrogens is 346 g/mol. The molecule has 0 spiro atoms. The van der Waals surface area contributed by atoms with E-state index in [2.05, 4.69) is 34.6 Å². The minimum Gasteiger partial charge on any atom is -0.361 e. The molecule has 0 aliphatic rings. The smallest absolute Gasteiger partial charge is 0.251 e. The zero-order valence-electron chi connectivity index (χ0n) is 15.2. The van der Waals surface area contributed by atoms with E-state index < -0.39 is 0 Å². The zero-order valence-corrected chi connectivity index (χ0v) is 15.2. The number of carbonyl (C=O) groups is 1. The summed E-state index contributed by atoms with van der Waals surface area (Å²) in [5.41, 5.74) is 4.33. The molecule has 4 rings (SSSR count). The second-order valence-corrected chi connectivity index (χ2v) is 6.66. The Morgan fingerprint density at radius 3 is 2.61 bits per heavy atom. The Morgan fingerprint density at radius 2 is 1.79 bits per heavy atom. The fourth-order valence-corrected chi connectivity index (χ4v) is 3.50. The number of aromatic nitrogens is 1. The summed E-state index contributed by atoms with van der Waals surface area (Å²) in [5, 5.41) is 13.2. The number of nitrogens with zero attached hydrogens (tertiary/aromatic N) is 1. The van der Waals surface area contributed by atoms with Crippen molar-refractivity contribution >= 4 is 16.8 Å². The van der Waals surface area contributed by atoms with Crippen molar-refractivity contribution in [2.45, 2.75) is 5.92 Å². The number of aromatic amines is 1. The average molecular weight is 365 g/mol. The first-order valence-electron chi connectivity index (χ1n) is 9.15. The third-order valence-electron chi connectivity index (χ3n) is 4.92. The lowest BCUT2D eigenvalue weighted by Crippen LogP contribution is -2.29. The van der Waals surface area contributed by atoms with Crippen LogP contribution in [0.2, 0.25) is 0 Å². The second-order valence-electron chi connectivity index (χ2n) is 6.66. The Labute approximate surface area is 163 Å². The Hall–Kier alpha value is -3.84. The number of H-pyrrole nitrogens is 1. The summed E-state index contributed by atoms with van der Waals surface area (Å²) >= 11 is 0. The van der Waals surface area contributed by atoms with Crippen molar-refractivity contribution in [1.29, 1.82) is 5.26 Å². The first kappa shape index (κ1) is 17.6. The third-order valence-corrected chi connectivity index (χ3v) is 4.92. The van der Waals surface area contributed by atoms with Crippen molar-refractivity contribution < 1.29 is 4.79 Å². The van der Waals surface area contributed by atoms with Gasteiger partial charge in [0.2, 0.25) is 0 Å². The lowest BCUT2D eigenvalue weighted by atomic mass is 9.91. The number of amides is 1. The number of fused-ring (bicyclic) bond motifs is 1. The molecule has 4 aromatic rings. The summed E-state index contributed by atoms with van der Waals surface area (Å²) in [6.07, 6.45) is 2.02. The van der Waals surface area contributed by atoms with Crippen molar-refractivity contribution in [2.24, 2.45) is 0 Å². The van der Waals surface area contributed by atoms with Crippen molar-refractivity contribution in [3.8, 4) is 6.07 Å². The molecule has 28 heavy (non-hydrogen) atoms. The fraction of sp³-hybridized carbons (Fsp3) is 0.0833. The summed E-state index contributed by atoms with van der Waals surface area (Å²) in [7, 11) is 0. The molecular formula is C24H19N3O.